The molecule has 0 aromatic rings. The molecule has 0 aromatic carbocycles. The van der Waals surface area contributed by atoms with E-state index in [0.29, 0.717) is 0 Å². The second-order valence-electron chi connectivity index (χ2n) is 1.28. The molecule has 2 N–H and O–H groups in total. The van der Waals surface area contributed by atoms with Gasteiger partial charge in [-0.3, -0.25) is 0 Å². The third-order valence-corrected chi connectivity index (χ3v) is 0.451. The minimum absolute atomic E-state index is 0. The van der Waals surface area contributed by atoms with Crippen molar-refractivity contribution in [3.8, 4) is 0 Å². The fourth-order valence-electron chi connectivity index (χ4n) is 0.226. The average Bonchev–Trinajstić information content (AvgIpc) is 1.63. The fraction of sp³-hybridized carbons (Fsp3) is 0.500. The molecule has 0 fully saturated rings. The molecule has 5 nitrogen and oxygen atoms in total. The van der Waals surface area contributed by atoms with Crippen LogP contribution < -0.4 is 29.6 Å². The number of rotatable bonds is 4. The van der Waals surface area contributed by atoms with Crippen molar-refractivity contribution < 1.29 is 55.5 Å². The molecule has 0 saturated heterocycles. The van der Waals surface area contributed by atoms with Gasteiger partial charge in [0.25, 0.3) is 0 Å². The number of hydrogen-bond acceptors (Lipinski definition) is 3. The van der Waals surface area contributed by atoms with Crippen LogP contribution in [0.5, 0.6) is 0 Å². The molecule has 0 rings (SSSR count). The molecule has 0 aromatic heterocycles. The first kappa shape index (κ1) is 12.6. The Morgan fingerprint density at radius 1 is 1.20 bits per heavy atom. The third kappa shape index (κ3) is 10.8. The van der Waals surface area contributed by atoms with Gasteiger partial charge in [0.2, 0.25) is 0 Å². The molecule has 0 atom stereocenters. The Kier molecular flexibility index (Phi) is 8.81. The largest absolute Gasteiger partial charge is 1.00 e. The summed E-state index contributed by atoms with van der Waals surface area (Å²) in [4.78, 5) is 19.3. The van der Waals surface area contributed by atoms with Gasteiger partial charge in [-0.25, -0.2) is 9.59 Å². The SMILES string of the molecule is O=C(O)COCC(=O)O.[H-].[Na+]. The molecular weight excluding hydrogens is 151 g/mol. The Bertz CT molecular complexity index is 114. The van der Waals surface area contributed by atoms with E-state index < -0.39 is 25.2 Å². The van der Waals surface area contributed by atoms with Crippen LogP contribution in [0, 0.1) is 0 Å². The molecular formula is C4H7NaO5. The Balaban J connectivity index is -0.000000320. The van der Waals surface area contributed by atoms with Crippen LogP contribution in [0.2, 0.25) is 0 Å². The van der Waals surface area contributed by atoms with Crippen LogP contribution in [0.1, 0.15) is 1.43 Å². The van der Waals surface area contributed by atoms with Crippen molar-refractivity contribution in [1.29, 1.82) is 0 Å². The van der Waals surface area contributed by atoms with E-state index in [4.69, 9.17) is 10.2 Å². The molecule has 0 heterocycles. The van der Waals surface area contributed by atoms with E-state index in [9.17, 15) is 9.59 Å². The van der Waals surface area contributed by atoms with Crippen molar-refractivity contribution >= 4 is 11.9 Å². The van der Waals surface area contributed by atoms with Gasteiger partial charge >= 0.3 is 41.5 Å². The van der Waals surface area contributed by atoms with E-state index >= 15 is 0 Å². The minimum atomic E-state index is -1.17. The smallest absolute Gasteiger partial charge is 1.00 e. The van der Waals surface area contributed by atoms with Crippen molar-refractivity contribution in [2.45, 2.75) is 0 Å². The maximum Gasteiger partial charge on any atom is 1.00 e. The van der Waals surface area contributed by atoms with Crippen molar-refractivity contribution in [2.24, 2.45) is 0 Å². The molecule has 0 amide bonds. The second kappa shape index (κ2) is 7.01. The van der Waals surface area contributed by atoms with Crippen LogP contribution in [-0.4, -0.2) is 35.4 Å². The van der Waals surface area contributed by atoms with E-state index in [1.807, 2.05) is 0 Å². The summed E-state index contributed by atoms with van der Waals surface area (Å²) in [5.41, 5.74) is 0. The zero-order chi connectivity index (χ0) is 7.28. The van der Waals surface area contributed by atoms with Gasteiger partial charge < -0.3 is 16.4 Å². The van der Waals surface area contributed by atoms with Gasteiger partial charge in [0.1, 0.15) is 13.2 Å². The number of carbonyl (C=O) groups is 2. The summed E-state index contributed by atoms with van der Waals surface area (Å²) in [7, 11) is 0. The van der Waals surface area contributed by atoms with E-state index in [0.717, 1.165) is 0 Å². The predicted molar refractivity (Wildman–Crippen MR) is 27.2 cm³/mol. The average molecular weight is 158 g/mol. The molecule has 0 aliphatic rings. The maximum atomic E-state index is 9.66. The van der Waals surface area contributed by atoms with E-state index in [-0.39, 0.29) is 31.0 Å². The maximum absolute atomic E-state index is 9.66. The topological polar surface area (TPSA) is 83.8 Å². The summed E-state index contributed by atoms with van der Waals surface area (Å²) in [6.07, 6.45) is 0. The van der Waals surface area contributed by atoms with Crippen molar-refractivity contribution in [3.05, 3.63) is 0 Å². The quantitative estimate of drug-likeness (QED) is 0.411. The van der Waals surface area contributed by atoms with Crippen LogP contribution in [0.3, 0.4) is 0 Å². The van der Waals surface area contributed by atoms with Crippen LogP contribution in [0.4, 0.5) is 0 Å². The standard InChI is InChI=1S/C4H6O5.Na.H/c5-3(6)1-9-2-4(7)8;;/h1-2H2,(H,5,6)(H,7,8);;/q;+1;-1. The molecule has 0 aliphatic heterocycles. The van der Waals surface area contributed by atoms with Crippen LogP contribution in [-0.2, 0) is 14.3 Å². The van der Waals surface area contributed by atoms with Crippen molar-refractivity contribution in [3.63, 3.8) is 0 Å². The normalized spacial score (nSPS) is 8.00. The Hall–Kier alpha value is -0.100. The minimum Gasteiger partial charge on any atom is -1.00 e. The molecule has 0 saturated carbocycles. The number of carboxylic acid groups (broad SMARTS) is 2. The zero-order valence-electron chi connectivity index (χ0n) is 6.53. The predicted octanol–water partition coefficient (Wildman–Crippen LogP) is -3.71. The third-order valence-electron chi connectivity index (χ3n) is 0.451. The second-order valence-corrected chi connectivity index (χ2v) is 1.28. The Morgan fingerprint density at radius 2 is 1.50 bits per heavy atom. The molecule has 0 unspecified atom stereocenters. The van der Waals surface area contributed by atoms with Gasteiger partial charge in [0.15, 0.2) is 0 Å². The van der Waals surface area contributed by atoms with Gasteiger partial charge in [-0.2, -0.15) is 0 Å². The van der Waals surface area contributed by atoms with Gasteiger partial charge in [0, 0.05) is 0 Å². The number of hydrogen-bond donors (Lipinski definition) is 2. The number of ether oxygens (including phenoxy) is 1. The van der Waals surface area contributed by atoms with Crippen molar-refractivity contribution in [2.75, 3.05) is 13.2 Å². The summed E-state index contributed by atoms with van der Waals surface area (Å²) < 4.78 is 4.16. The fourth-order valence-corrected chi connectivity index (χ4v) is 0.226. The molecule has 0 spiro atoms. The van der Waals surface area contributed by atoms with Gasteiger partial charge in [-0.15, -0.1) is 0 Å². The summed E-state index contributed by atoms with van der Waals surface area (Å²) in [5.74, 6) is -2.34. The van der Waals surface area contributed by atoms with Gasteiger partial charge in [-0.1, -0.05) is 0 Å². The molecule has 10 heavy (non-hydrogen) atoms. The summed E-state index contributed by atoms with van der Waals surface area (Å²) >= 11 is 0. The first-order valence-electron chi connectivity index (χ1n) is 2.14. The molecule has 54 valence electrons. The molecule has 0 aliphatic carbocycles. The monoisotopic (exact) mass is 158 g/mol. The van der Waals surface area contributed by atoms with Crippen molar-refractivity contribution in [1.82, 2.24) is 0 Å². The van der Waals surface area contributed by atoms with E-state index in [1.165, 1.54) is 0 Å². The molecule has 0 radical (unpaired) electrons. The van der Waals surface area contributed by atoms with E-state index in [2.05, 4.69) is 4.74 Å². The number of aliphatic carboxylic acids is 2. The Morgan fingerprint density at radius 3 is 1.70 bits per heavy atom. The van der Waals surface area contributed by atoms with Crippen LogP contribution in [0.15, 0.2) is 0 Å². The number of carboxylic acids is 2. The first-order valence-corrected chi connectivity index (χ1v) is 2.14. The van der Waals surface area contributed by atoms with E-state index in [1.54, 1.807) is 0 Å². The summed E-state index contributed by atoms with van der Waals surface area (Å²) in [5, 5.41) is 15.8. The molecule has 0 bridgehead atoms. The summed E-state index contributed by atoms with van der Waals surface area (Å²) in [6.45, 7) is -1.13. The van der Waals surface area contributed by atoms with Gasteiger partial charge in [-0.05, 0) is 0 Å². The van der Waals surface area contributed by atoms with Crippen LogP contribution in [0.25, 0.3) is 0 Å². The van der Waals surface area contributed by atoms with Crippen LogP contribution >= 0.6 is 0 Å². The van der Waals surface area contributed by atoms with Gasteiger partial charge in [0.05, 0.1) is 0 Å². The zero-order valence-corrected chi connectivity index (χ0v) is 7.53. The summed E-state index contributed by atoms with van der Waals surface area (Å²) in [6, 6.07) is 0. The Labute approximate surface area is 80.8 Å². The first-order chi connectivity index (χ1) is 4.13. The molecule has 6 heteroatoms.